The molecular formula is C10H20N2O2S. The second kappa shape index (κ2) is 7.96. The van der Waals surface area contributed by atoms with Gasteiger partial charge in [0.2, 0.25) is 5.91 Å². The van der Waals surface area contributed by atoms with Gasteiger partial charge < -0.3 is 15.4 Å². The van der Waals surface area contributed by atoms with E-state index in [4.69, 9.17) is 4.74 Å². The molecule has 0 bridgehead atoms. The van der Waals surface area contributed by atoms with Crippen molar-refractivity contribution in [3.63, 3.8) is 0 Å². The van der Waals surface area contributed by atoms with Gasteiger partial charge in [-0.3, -0.25) is 4.79 Å². The van der Waals surface area contributed by atoms with E-state index in [0.29, 0.717) is 24.9 Å². The fourth-order valence-electron chi connectivity index (χ4n) is 1.51. The van der Waals surface area contributed by atoms with E-state index < -0.39 is 0 Å². The summed E-state index contributed by atoms with van der Waals surface area (Å²) in [5.41, 5.74) is 0. The lowest BCUT2D eigenvalue weighted by Gasteiger charge is -2.10. The Balaban J connectivity index is 1.91. The molecule has 1 heterocycles. The lowest BCUT2D eigenvalue weighted by Crippen LogP contribution is -2.37. The molecule has 88 valence electrons. The highest BCUT2D eigenvalue weighted by Crippen LogP contribution is 2.24. The predicted molar refractivity (Wildman–Crippen MR) is 63.2 cm³/mol. The Kier molecular flexibility index (Phi) is 6.80. The summed E-state index contributed by atoms with van der Waals surface area (Å²) in [6.45, 7) is 2.53. The molecule has 1 aliphatic heterocycles. The van der Waals surface area contributed by atoms with Crippen molar-refractivity contribution in [3.8, 4) is 0 Å². The van der Waals surface area contributed by atoms with E-state index in [-0.39, 0.29) is 5.91 Å². The Morgan fingerprint density at radius 2 is 2.47 bits per heavy atom. The summed E-state index contributed by atoms with van der Waals surface area (Å²) >= 11 is 2.00. The second-order valence-corrected chi connectivity index (χ2v) is 5.02. The van der Waals surface area contributed by atoms with Gasteiger partial charge >= 0.3 is 0 Å². The fourth-order valence-corrected chi connectivity index (χ4v) is 2.74. The van der Waals surface area contributed by atoms with Gasteiger partial charge in [-0.2, -0.15) is 11.8 Å². The van der Waals surface area contributed by atoms with Crippen molar-refractivity contribution in [1.82, 2.24) is 10.6 Å². The minimum Gasteiger partial charge on any atom is -0.383 e. The molecule has 1 amide bonds. The van der Waals surface area contributed by atoms with Gasteiger partial charge in [-0.25, -0.2) is 0 Å². The summed E-state index contributed by atoms with van der Waals surface area (Å²) in [5, 5.41) is 6.66. The summed E-state index contributed by atoms with van der Waals surface area (Å²) in [6, 6.07) is 0. The lowest BCUT2D eigenvalue weighted by molar-refractivity contribution is -0.120. The zero-order chi connectivity index (χ0) is 10.9. The Morgan fingerprint density at radius 3 is 3.13 bits per heavy atom. The molecule has 0 spiro atoms. The number of ether oxygens (including phenoxy) is 1. The fraction of sp³-hybridized carbons (Fsp3) is 0.900. The van der Waals surface area contributed by atoms with Crippen LogP contribution >= 0.6 is 11.8 Å². The monoisotopic (exact) mass is 232 g/mol. The Labute approximate surface area is 95.5 Å². The molecule has 0 saturated carbocycles. The highest BCUT2D eigenvalue weighted by Gasteiger charge is 2.14. The Morgan fingerprint density at radius 1 is 1.60 bits per heavy atom. The molecule has 0 aliphatic carbocycles. The number of thioether (sulfide) groups is 1. The maximum absolute atomic E-state index is 11.3. The van der Waals surface area contributed by atoms with Gasteiger partial charge in [0.25, 0.3) is 0 Å². The molecule has 1 rings (SSSR count). The van der Waals surface area contributed by atoms with Crippen LogP contribution in [0.25, 0.3) is 0 Å². The molecule has 0 radical (unpaired) electrons. The quantitative estimate of drug-likeness (QED) is 0.617. The number of methoxy groups -OCH3 is 1. The number of carbonyl (C=O) groups is 1. The van der Waals surface area contributed by atoms with Crippen LogP contribution in [0.5, 0.6) is 0 Å². The van der Waals surface area contributed by atoms with Crippen LogP contribution in [0.4, 0.5) is 0 Å². The van der Waals surface area contributed by atoms with Crippen LogP contribution in [0.3, 0.4) is 0 Å². The summed E-state index contributed by atoms with van der Waals surface area (Å²) in [7, 11) is 1.63. The van der Waals surface area contributed by atoms with Crippen molar-refractivity contribution in [2.75, 3.05) is 39.1 Å². The largest absolute Gasteiger partial charge is 0.383 e. The predicted octanol–water partition coefficient (Wildman–Crippen LogP) is 0.234. The van der Waals surface area contributed by atoms with Gasteiger partial charge in [0.05, 0.1) is 13.2 Å². The summed E-state index contributed by atoms with van der Waals surface area (Å²) in [6.07, 6.45) is 2.60. The number of carbonyl (C=O) groups excluding carboxylic acids is 1. The van der Waals surface area contributed by atoms with E-state index >= 15 is 0 Å². The normalized spacial score (nSPS) is 20.5. The molecule has 2 N–H and O–H groups in total. The summed E-state index contributed by atoms with van der Waals surface area (Å²) in [5.74, 6) is 1.32. The zero-order valence-electron chi connectivity index (χ0n) is 9.25. The van der Waals surface area contributed by atoms with Crippen LogP contribution in [-0.2, 0) is 9.53 Å². The molecule has 15 heavy (non-hydrogen) atoms. The van der Waals surface area contributed by atoms with Crippen molar-refractivity contribution in [3.05, 3.63) is 0 Å². The Hall–Kier alpha value is -0.260. The molecule has 1 aliphatic rings. The van der Waals surface area contributed by atoms with E-state index in [1.165, 1.54) is 18.6 Å². The third-order valence-corrected chi connectivity index (χ3v) is 3.71. The third kappa shape index (κ3) is 6.02. The lowest BCUT2D eigenvalue weighted by atomic mass is 10.2. The van der Waals surface area contributed by atoms with Crippen molar-refractivity contribution in [2.24, 2.45) is 0 Å². The summed E-state index contributed by atoms with van der Waals surface area (Å²) in [4.78, 5) is 11.3. The first-order valence-corrected chi connectivity index (χ1v) is 6.45. The molecule has 1 atom stereocenters. The van der Waals surface area contributed by atoms with Crippen LogP contribution in [0.15, 0.2) is 0 Å². The maximum Gasteiger partial charge on any atom is 0.234 e. The molecule has 1 saturated heterocycles. The molecule has 1 fully saturated rings. The van der Waals surface area contributed by atoms with Crippen LogP contribution in [-0.4, -0.2) is 50.3 Å². The summed E-state index contributed by atoms with van der Waals surface area (Å²) < 4.78 is 4.84. The Bertz CT molecular complexity index is 184. The first kappa shape index (κ1) is 12.8. The molecule has 0 aromatic heterocycles. The van der Waals surface area contributed by atoms with E-state index in [1.807, 2.05) is 11.8 Å². The van der Waals surface area contributed by atoms with Crippen molar-refractivity contribution in [1.29, 1.82) is 0 Å². The number of nitrogens with one attached hydrogen (secondary N) is 2. The van der Waals surface area contributed by atoms with Crippen LogP contribution in [0, 0.1) is 0 Å². The van der Waals surface area contributed by atoms with Gasteiger partial charge in [0.15, 0.2) is 0 Å². The van der Waals surface area contributed by atoms with Gasteiger partial charge in [0, 0.05) is 25.4 Å². The van der Waals surface area contributed by atoms with Crippen LogP contribution in [0.2, 0.25) is 0 Å². The first-order valence-electron chi connectivity index (χ1n) is 5.41. The third-order valence-electron chi connectivity index (χ3n) is 2.31. The van der Waals surface area contributed by atoms with Gasteiger partial charge in [-0.1, -0.05) is 0 Å². The van der Waals surface area contributed by atoms with Crippen LogP contribution in [0.1, 0.15) is 12.8 Å². The highest BCUT2D eigenvalue weighted by atomic mass is 32.2. The van der Waals surface area contributed by atoms with E-state index in [9.17, 15) is 4.79 Å². The second-order valence-electron chi connectivity index (χ2n) is 3.61. The molecule has 4 nitrogen and oxygen atoms in total. The van der Waals surface area contributed by atoms with E-state index in [2.05, 4.69) is 10.6 Å². The number of rotatable bonds is 7. The highest BCUT2D eigenvalue weighted by molar-refractivity contribution is 8.00. The zero-order valence-corrected chi connectivity index (χ0v) is 10.1. The minimum absolute atomic E-state index is 0.0510. The maximum atomic E-state index is 11.3. The molecular weight excluding hydrogens is 212 g/mol. The van der Waals surface area contributed by atoms with Crippen molar-refractivity contribution in [2.45, 2.75) is 18.1 Å². The average Bonchev–Trinajstić information content (AvgIpc) is 2.71. The molecule has 1 unspecified atom stereocenters. The van der Waals surface area contributed by atoms with Gasteiger partial charge in [-0.15, -0.1) is 0 Å². The van der Waals surface area contributed by atoms with Crippen molar-refractivity contribution >= 4 is 17.7 Å². The minimum atomic E-state index is 0.0510. The van der Waals surface area contributed by atoms with Gasteiger partial charge in [0.1, 0.15) is 0 Å². The SMILES string of the molecule is COCCNC(=O)CNCC1CCCS1. The molecule has 5 heteroatoms. The van der Waals surface area contributed by atoms with Crippen LogP contribution < -0.4 is 10.6 Å². The smallest absolute Gasteiger partial charge is 0.234 e. The van der Waals surface area contributed by atoms with Crippen molar-refractivity contribution < 1.29 is 9.53 Å². The standard InChI is InChI=1S/C10H20N2O2S/c1-14-5-4-12-10(13)8-11-7-9-3-2-6-15-9/h9,11H,2-8H2,1H3,(H,12,13). The van der Waals surface area contributed by atoms with E-state index in [1.54, 1.807) is 7.11 Å². The topological polar surface area (TPSA) is 50.4 Å². The van der Waals surface area contributed by atoms with E-state index in [0.717, 1.165) is 6.54 Å². The van der Waals surface area contributed by atoms with Gasteiger partial charge in [-0.05, 0) is 18.6 Å². The average molecular weight is 232 g/mol. The number of hydrogen-bond donors (Lipinski definition) is 2. The first-order chi connectivity index (χ1) is 7.33. The molecule has 0 aromatic rings. The molecule has 0 aromatic carbocycles. The number of hydrogen-bond acceptors (Lipinski definition) is 4. The number of amides is 1.